The van der Waals surface area contributed by atoms with E-state index in [0.29, 0.717) is 0 Å². The van der Waals surface area contributed by atoms with Crippen LogP contribution in [0.25, 0.3) is 0 Å². The van der Waals surface area contributed by atoms with Crippen LogP contribution in [0.3, 0.4) is 0 Å². The summed E-state index contributed by atoms with van der Waals surface area (Å²) in [6.45, 7) is 0. The van der Waals surface area contributed by atoms with Crippen molar-refractivity contribution in [3.63, 3.8) is 0 Å². The molecule has 76 valence electrons. The van der Waals surface area contributed by atoms with Gasteiger partial charge >= 0.3 is 5.97 Å². The van der Waals surface area contributed by atoms with E-state index in [1.54, 1.807) is 0 Å². The Morgan fingerprint density at radius 2 is 2.50 bits per heavy atom. The first-order valence-corrected chi connectivity index (χ1v) is 5.54. The van der Waals surface area contributed by atoms with Crippen molar-refractivity contribution < 1.29 is 14.6 Å². The molecule has 0 bridgehead atoms. The molecule has 1 N–H and O–H groups in total. The molecular formula is C10H12O3S. The van der Waals surface area contributed by atoms with E-state index in [-0.39, 0.29) is 18.5 Å². The summed E-state index contributed by atoms with van der Waals surface area (Å²) in [6.07, 6.45) is 1.43. The minimum atomic E-state index is -0.707. The Bertz CT molecular complexity index is 303. The SMILES string of the molecule is O=C(C[C@H](O)c1cccs1)OC1CC1. The Hall–Kier alpha value is -0.870. The Morgan fingerprint density at radius 1 is 1.71 bits per heavy atom. The van der Waals surface area contributed by atoms with Crippen LogP contribution in [0.5, 0.6) is 0 Å². The van der Waals surface area contributed by atoms with E-state index in [9.17, 15) is 9.90 Å². The maximum Gasteiger partial charge on any atom is 0.309 e. The first-order valence-electron chi connectivity index (χ1n) is 4.66. The molecule has 0 aliphatic heterocycles. The number of rotatable bonds is 4. The van der Waals surface area contributed by atoms with Gasteiger partial charge in [-0.15, -0.1) is 11.3 Å². The van der Waals surface area contributed by atoms with E-state index in [0.717, 1.165) is 17.7 Å². The first kappa shape index (κ1) is 9.68. The third-order valence-corrected chi connectivity index (χ3v) is 3.03. The lowest BCUT2D eigenvalue weighted by Crippen LogP contribution is -2.10. The summed E-state index contributed by atoms with van der Waals surface area (Å²) in [7, 11) is 0. The molecule has 0 radical (unpaired) electrons. The second kappa shape index (κ2) is 4.11. The number of thiophene rings is 1. The van der Waals surface area contributed by atoms with Gasteiger partial charge in [0.15, 0.2) is 0 Å². The van der Waals surface area contributed by atoms with Crippen LogP contribution in [0.2, 0.25) is 0 Å². The molecular weight excluding hydrogens is 200 g/mol. The number of hydrogen-bond donors (Lipinski definition) is 1. The summed E-state index contributed by atoms with van der Waals surface area (Å²) in [4.78, 5) is 12.0. The van der Waals surface area contributed by atoms with E-state index in [2.05, 4.69) is 0 Å². The van der Waals surface area contributed by atoms with Crippen molar-refractivity contribution in [2.45, 2.75) is 31.5 Å². The molecule has 1 saturated carbocycles. The molecule has 1 aliphatic rings. The Balaban J connectivity index is 1.81. The van der Waals surface area contributed by atoms with Crippen LogP contribution in [0.15, 0.2) is 17.5 Å². The molecule has 1 aromatic rings. The van der Waals surface area contributed by atoms with Crippen LogP contribution in [0.4, 0.5) is 0 Å². The number of ether oxygens (including phenoxy) is 1. The van der Waals surface area contributed by atoms with Crippen LogP contribution < -0.4 is 0 Å². The van der Waals surface area contributed by atoms with Crippen molar-refractivity contribution in [3.8, 4) is 0 Å². The maximum absolute atomic E-state index is 11.2. The van der Waals surface area contributed by atoms with Crippen LogP contribution in [0, 0.1) is 0 Å². The number of carbonyl (C=O) groups is 1. The van der Waals surface area contributed by atoms with Crippen LogP contribution in [0.1, 0.15) is 30.2 Å². The van der Waals surface area contributed by atoms with Crippen molar-refractivity contribution in [2.75, 3.05) is 0 Å². The highest BCUT2D eigenvalue weighted by molar-refractivity contribution is 7.10. The fraction of sp³-hybridized carbons (Fsp3) is 0.500. The number of aliphatic hydroxyl groups excluding tert-OH is 1. The zero-order valence-corrected chi connectivity index (χ0v) is 8.50. The van der Waals surface area contributed by atoms with E-state index in [1.165, 1.54) is 11.3 Å². The molecule has 1 heterocycles. The minimum absolute atomic E-state index is 0.0665. The van der Waals surface area contributed by atoms with E-state index in [1.807, 2.05) is 17.5 Å². The zero-order chi connectivity index (χ0) is 9.97. The lowest BCUT2D eigenvalue weighted by atomic mass is 10.2. The number of esters is 1. The summed E-state index contributed by atoms with van der Waals surface area (Å²) in [6, 6.07) is 3.68. The van der Waals surface area contributed by atoms with E-state index in [4.69, 9.17) is 4.74 Å². The lowest BCUT2D eigenvalue weighted by Gasteiger charge is -2.07. The van der Waals surface area contributed by atoms with Crippen molar-refractivity contribution in [1.82, 2.24) is 0 Å². The summed E-state index contributed by atoms with van der Waals surface area (Å²) in [5.74, 6) is -0.298. The van der Waals surface area contributed by atoms with Crippen molar-refractivity contribution in [2.24, 2.45) is 0 Å². The molecule has 1 atom stereocenters. The van der Waals surface area contributed by atoms with Gasteiger partial charge in [0.25, 0.3) is 0 Å². The van der Waals surface area contributed by atoms with Crippen molar-refractivity contribution in [3.05, 3.63) is 22.4 Å². The molecule has 0 unspecified atom stereocenters. The van der Waals surface area contributed by atoms with Crippen LogP contribution in [-0.2, 0) is 9.53 Å². The van der Waals surface area contributed by atoms with Gasteiger partial charge in [-0.1, -0.05) is 6.07 Å². The molecule has 14 heavy (non-hydrogen) atoms. The highest BCUT2D eigenvalue weighted by Gasteiger charge is 2.27. The summed E-state index contributed by atoms with van der Waals surface area (Å²) < 4.78 is 5.04. The Kier molecular flexibility index (Phi) is 2.84. The van der Waals surface area contributed by atoms with Gasteiger partial charge in [0.2, 0.25) is 0 Å². The molecule has 1 aliphatic carbocycles. The third-order valence-electron chi connectivity index (χ3n) is 2.05. The fourth-order valence-corrected chi connectivity index (χ4v) is 1.87. The van der Waals surface area contributed by atoms with Crippen molar-refractivity contribution in [1.29, 1.82) is 0 Å². The van der Waals surface area contributed by atoms with Crippen LogP contribution >= 0.6 is 11.3 Å². The van der Waals surface area contributed by atoms with Gasteiger partial charge in [-0.2, -0.15) is 0 Å². The molecule has 0 spiro atoms. The highest BCUT2D eigenvalue weighted by atomic mass is 32.1. The zero-order valence-electron chi connectivity index (χ0n) is 7.68. The molecule has 3 nitrogen and oxygen atoms in total. The largest absolute Gasteiger partial charge is 0.462 e. The fourth-order valence-electron chi connectivity index (χ4n) is 1.16. The van der Waals surface area contributed by atoms with Gasteiger partial charge in [0.1, 0.15) is 6.10 Å². The number of carbonyl (C=O) groups excluding carboxylic acids is 1. The Labute approximate surface area is 86.3 Å². The van der Waals surface area contributed by atoms with Gasteiger partial charge in [0, 0.05) is 4.88 Å². The first-order chi connectivity index (χ1) is 6.75. The van der Waals surface area contributed by atoms with E-state index < -0.39 is 6.10 Å². The molecule has 0 aromatic carbocycles. The van der Waals surface area contributed by atoms with Gasteiger partial charge < -0.3 is 9.84 Å². The van der Waals surface area contributed by atoms with Crippen molar-refractivity contribution >= 4 is 17.3 Å². The molecule has 4 heteroatoms. The van der Waals surface area contributed by atoms with Gasteiger partial charge in [0.05, 0.1) is 12.5 Å². The molecule has 0 saturated heterocycles. The molecule has 1 fully saturated rings. The average molecular weight is 212 g/mol. The second-order valence-corrected chi connectivity index (χ2v) is 4.40. The summed E-state index contributed by atoms with van der Waals surface area (Å²) in [5.41, 5.74) is 0. The van der Waals surface area contributed by atoms with E-state index >= 15 is 0 Å². The lowest BCUT2D eigenvalue weighted by molar-refractivity contribution is -0.147. The summed E-state index contributed by atoms with van der Waals surface area (Å²) >= 11 is 1.45. The van der Waals surface area contributed by atoms with Crippen LogP contribution in [-0.4, -0.2) is 17.2 Å². The number of hydrogen-bond acceptors (Lipinski definition) is 4. The highest BCUT2D eigenvalue weighted by Crippen LogP contribution is 2.26. The quantitative estimate of drug-likeness (QED) is 0.775. The van der Waals surface area contributed by atoms with Gasteiger partial charge in [-0.25, -0.2) is 0 Å². The molecule has 1 aromatic heterocycles. The maximum atomic E-state index is 11.2. The normalized spacial score (nSPS) is 17.8. The number of aliphatic hydroxyl groups is 1. The molecule has 2 rings (SSSR count). The van der Waals surface area contributed by atoms with Gasteiger partial charge in [-0.3, -0.25) is 4.79 Å². The Morgan fingerprint density at radius 3 is 3.07 bits per heavy atom. The third kappa shape index (κ3) is 2.56. The summed E-state index contributed by atoms with van der Waals surface area (Å²) in [5, 5.41) is 11.5. The average Bonchev–Trinajstić information content (AvgIpc) is 2.80. The minimum Gasteiger partial charge on any atom is -0.462 e. The predicted molar refractivity (Wildman–Crippen MR) is 53.0 cm³/mol. The topological polar surface area (TPSA) is 46.5 Å². The monoisotopic (exact) mass is 212 g/mol. The second-order valence-electron chi connectivity index (χ2n) is 3.42. The predicted octanol–water partition coefficient (Wildman–Crippen LogP) is 1.88. The smallest absolute Gasteiger partial charge is 0.309 e. The van der Waals surface area contributed by atoms with Gasteiger partial charge in [-0.05, 0) is 24.3 Å². The molecule has 0 amide bonds. The standard InChI is InChI=1S/C10H12O3S/c11-8(9-2-1-5-14-9)6-10(12)13-7-3-4-7/h1-2,5,7-8,11H,3-4,6H2/t8-/m0/s1.